The van der Waals surface area contributed by atoms with Crippen molar-refractivity contribution in [1.82, 2.24) is 0 Å². The molecule has 7 heterocycles. The molecular formula is C60H90O6S24. The summed E-state index contributed by atoms with van der Waals surface area (Å²) in [6.07, 6.45) is 30.7. The van der Waals surface area contributed by atoms with Crippen LogP contribution in [0.4, 0.5) is 0 Å². The SMILES string of the molecule is CCCCCCCCCCSC1=C(SCCCCCCCCCC)SC(=C2SC3=C(SCCOCCOCCSC4=C(SCCOCCOCCSC5=C(SCCOCCOCCS3)SC(=C3SC(SC)=C(SC)S3)S5)SC(=C3SC(SC)=C(SC)S3)S4)S2)S1. The highest BCUT2D eigenvalue weighted by Crippen LogP contribution is 2.69. The molecule has 7 rings (SSSR count). The Balaban J connectivity index is 0.945. The van der Waals surface area contributed by atoms with Crippen molar-refractivity contribution in [2.45, 2.75) is 117 Å². The van der Waals surface area contributed by atoms with Crippen LogP contribution in [0.25, 0.3) is 0 Å². The van der Waals surface area contributed by atoms with Gasteiger partial charge in [-0.15, -0.1) is 141 Å². The molecule has 6 nitrogen and oxygen atoms in total. The minimum atomic E-state index is 0.606. The first-order valence-corrected chi connectivity index (χ1v) is 53.5. The zero-order valence-electron chi connectivity index (χ0n) is 52.7. The first-order valence-electron chi connectivity index (χ1n) is 30.9. The highest BCUT2D eigenvalue weighted by Gasteiger charge is 2.34. The van der Waals surface area contributed by atoms with Crippen molar-refractivity contribution in [3.05, 3.63) is 76.3 Å². The Morgan fingerprint density at radius 2 is 0.433 bits per heavy atom. The van der Waals surface area contributed by atoms with Gasteiger partial charge in [0.05, 0.1) is 156 Å². The van der Waals surface area contributed by atoms with Crippen LogP contribution in [-0.2, 0) is 28.4 Å². The van der Waals surface area contributed by atoms with Gasteiger partial charge in [-0.2, -0.15) is 0 Å². The van der Waals surface area contributed by atoms with Crippen LogP contribution in [0.3, 0.4) is 0 Å². The third-order valence-corrected chi connectivity index (χ3v) is 46.9. The van der Waals surface area contributed by atoms with E-state index in [9.17, 15) is 0 Å². The summed E-state index contributed by atoms with van der Waals surface area (Å²) < 4.78 is 62.9. The van der Waals surface area contributed by atoms with E-state index in [2.05, 4.69) is 85.9 Å². The quantitative estimate of drug-likeness (QED) is 0.0861. The van der Waals surface area contributed by atoms with Crippen LogP contribution in [0.2, 0.25) is 0 Å². The Labute approximate surface area is 645 Å². The lowest BCUT2D eigenvalue weighted by Gasteiger charge is -2.09. The predicted octanol–water partition coefficient (Wildman–Crippen LogP) is 26.7. The van der Waals surface area contributed by atoms with Gasteiger partial charge in [-0.05, 0) is 49.4 Å². The van der Waals surface area contributed by atoms with E-state index in [-0.39, 0.29) is 0 Å². The summed E-state index contributed by atoms with van der Waals surface area (Å²) in [6, 6.07) is 0. The summed E-state index contributed by atoms with van der Waals surface area (Å²) in [6.45, 7) is 12.5. The second kappa shape index (κ2) is 52.7. The van der Waals surface area contributed by atoms with Gasteiger partial charge in [0, 0.05) is 34.5 Å². The molecule has 0 saturated carbocycles. The monoisotopic (exact) mass is 1670 g/mol. The highest BCUT2D eigenvalue weighted by molar-refractivity contribution is 8.47. The molecule has 0 amide bonds. The maximum atomic E-state index is 6.24. The maximum absolute atomic E-state index is 6.24. The number of hydrogen-bond acceptors (Lipinski definition) is 30. The van der Waals surface area contributed by atoms with Crippen molar-refractivity contribution in [2.75, 3.05) is 150 Å². The van der Waals surface area contributed by atoms with Crippen molar-refractivity contribution in [2.24, 2.45) is 0 Å². The molecule has 30 heteroatoms. The minimum Gasteiger partial charge on any atom is -0.378 e. The van der Waals surface area contributed by atoms with E-state index in [0.717, 1.165) is 34.5 Å². The summed E-state index contributed by atoms with van der Waals surface area (Å²) in [5.41, 5.74) is 0. The molecule has 0 unspecified atom stereocenters. The first-order chi connectivity index (χ1) is 44.4. The van der Waals surface area contributed by atoms with Gasteiger partial charge in [0.25, 0.3) is 0 Å². The van der Waals surface area contributed by atoms with Crippen LogP contribution in [-0.4, -0.2) is 150 Å². The molecule has 0 N–H and O–H groups in total. The van der Waals surface area contributed by atoms with E-state index < -0.39 is 0 Å². The van der Waals surface area contributed by atoms with Crippen LogP contribution in [0, 0.1) is 0 Å². The summed E-state index contributed by atoms with van der Waals surface area (Å²) in [5, 5.41) is 0. The van der Waals surface area contributed by atoms with Crippen LogP contribution in [0.5, 0.6) is 0 Å². The Bertz CT molecular complexity index is 2270. The molecule has 0 aliphatic carbocycles. The van der Waals surface area contributed by atoms with Crippen LogP contribution >= 0.6 is 282 Å². The molecule has 7 aliphatic rings. The topological polar surface area (TPSA) is 55.4 Å². The van der Waals surface area contributed by atoms with Crippen LogP contribution in [0.15, 0.2) is 76.3 Å². The highest BCUT2D eigenvalue weighted by atomic mass is 32.3. The molecule has 0 spiro atoms. The summed E-state index contributed by atoms with van der Waals surface area (Å²) in [7, 11) is 0. The number of unbranched alkanes of at least 4 members (excludes halogenated alkanes) is 14. The third-order valence-electron chi connectivity index (χ3n) is 12.8. The zero-order valence-corrected chi connectivity index (χ0v) is 72.3. The lowest BCUT2D eigenvalue weighted by atomic mass is 10.1. The first kappa shape index (κ1) is 83.1. The lowest BCUT2D eigenvalue weighted by Crippen LogP contribution is -2.08. The minimum absolute atomic E-state index is 0.606. The number of thioether (sulfide) groups is 24. The van der Waals surface area contributed by atoms with Gasteiger partial charge in [-0.25, -0.2) is 0 Å². The summed E-state index contributed by atoms with van der Waals surface area (Å²) >= 11 is 47.0. The molecule has 0 bridgehead atoms. The second-order valence-electron chi connectivity index (χ2n) is 19.6. The molecule has 7 aliphatic heterocycles. The second-order valence-corrected chi connectivity index (χ2v) is 48.6. The van der Waals surface area contributed by atoms with Crippen LogP contribution in [0.1, 0.15) is 117 Å². The molecule has 0 radical (unpaired) electrons. The Hall–Kier alpha value is 5.82. The predicted molar refractivity (Wildman–Crippen MR) is 458 cm³/mol. The van der Waals surface area contributed by atoms with Crippen molar-refractivity contribution < 1.29 is 28.4 Å². The van der Waals surface area contributed by atoms with Gasteiger partial charge in [0.2, 0.25) is 0 Å². The number of rotatable bonds is 24. The van der Waals surface area contributed by atoms with E-state index in [0.29, 0.717) is 79.3 Å². The van der Waals surface area contributed by atoms with Gasteiger partial charge in [-0.3, -0.25) is 0 Å². The number of ether oxygens (including phenoxy) is 6. The molecule has 0 fully saturated rings. The largest absolute Gasteiger partial charge is 0.378 e. The molecule has 0 saturated heterocycles. The Kier molecular flexibility index (Phi) is 48.7. The molecular weight excluding hydrogens is 1590 g/mol. The van der Waals surface area contributed by atoms with E-state index in [1.54, 1.807) is 8.47 Å². The summed E-state index contributed by atoms with van der Waals surface area (Å²) in [4.78, 5) is 0. The molecule has 0 aromatic rings. The van der Waals surface area contributed by atoms with Gasteiger partial charge in [-0.1, -0.05) is 245 Å². The molecule has 0 aromatic carbocycles. The van der Waals surface area contributed by atoms with E-state index in [1.165, 1.54) is 182 Å². The Morgan fingerprint density at radius 1 is 0.233 bits per heavy atom. The molecule has 510 valence electrons. The van der Waals surface area contributed by atoms with Gasteiger partial charge < -0.3 is 28.4 Å². The van der Waals surface area contributed by atoms with Crippen LogP contribution < -0.4 is 0 Å². The van der Waals surface area contributed by atoms with Gasteiger partial charge in [0.15, 0.2) is 0 Å². The normalized spacial score (nSPS) is 21.8. The fourth-order valence-corrected chi connectivity index (χ4v) is 42.2. The Morgan fingerprint density at radius 3 is 0.656 bits per heavy atom. The third kappa shape index (κ3) is 32.0. The van der Waals surface area contributed by atoms with Crippen molar-refractivity contribution in [1.29, 1.82) is 0 Å². The lowest BCUT2D eigenvalue weighted by molar-refractivity contribution is 0.0605. The fraction of sp³-hybridized carbons (Fsp3) is 0.700. The van der Waals surface area contributed by atoms with Crippen molar-refractivity contribution in [3.63, 3.8) is 0 Å². The van der Waals surface area contributed by atoms with Crippen molar-refractivity contribution >= 4 is 282 Å². The smallest absolute Gasteiger partial charge is 0.0717 e. The van der Waals surface area contributed by atoms with E-state index in [1.807, 2.05) is 235 Å². The van der Waals surface area contributed by atoms with E-state index in [4.69, 9.17) is 28.4 Å². The standard InChI is InChI=1S/C60H90O6S24/c1-7-9-11-13-15-17-19-21-35-71-47-48(72-36-22-20-18-16-14-12-10-8-2)84-59(83-47)60-89-53-54(90-60)78-42-34-66-28-26-64-32-40-76-52-50(86-58(88-52)56-81-45(69-5)46(70-6)82-56)74-38-30-62-24-23-61-29-37-73-49-51(75-39-31-63-25-27-65-33-41-77-53)87-57(85-49)55-79-43(67-3)44(68-4)80-55/h7-42H2,1-6H3. The molecule has 0 aromatic heterocycles. The number of hydrogen-bond donors (Lipinski definition) is 0. The van der Waals surface area contributed by atoms with Crippen molar-refractivity contribution in [3.8, 4) is 0 Å². The molecule has 0 atom stereocenters. The fourth-order valence-electron chi connectivity index (χ4n) is 8.27. The van der Waals surface area contributed by atoms with E-state index >= 15 is 0 Å². The average molecular weight is 1680 g/mol. The average Bonchev–Trinajstić information content (AvgIpc) is 2.88. The maximum Gasteiger partial charge on any atom is 0.0717 e. The van der Waals surface area contributed by atoms with Gasteiger partial charge in [0.1, 0.15) is 0 Å². The molecule has 90 heavy (non-hydrogen) atoms. The summed E-state index contributed by atoms with van der Waals surface area (Å²) in [5.74, 6) is 7.92. The zero-order chi connectivity index (χ0) is 63.1. The van der Waals surface area contributed by atoms with Gasteiger partial charge >= 0.3 is 0 Å².